The number of aliphatic hydroxyl groups is 1. The molecule has 2 heterocycles. The lowest BCUT2D eigenvalue weighted by molar-refractivity contribution is 0.114. The lowest BCUT2D eigenvalue weighted by Gasteiger charge is -2.30. The van der Waals surface area contributed by atoms with Gasteiger partial charge in [0.1, 0.15) is 16.6 Å². The molecule has 0 saturated carbocycles. The van der Waals surface area contributed by atoms with E-state index in [2.05, 4.69) is 38.9 Å². The Morgan fingerprint density at radius 3 is 3.00 bits per heavy atom. The molecule has 3 rings (SSSR count). The van der Waals surface area contributed by atoms with Crippen molar-refractivity contribution in [3.05, 3.63) is 46.1 Å². The fourth-order valence-electron chi connectivity index (χ4n) is 2.77. The van der Waals surface area contributed by atoms with Gasteiger partial charge in [0.2, 0.25) is 0 Å². The standard InChI is InChI=1S/C16H17ClN4OS/c17-15-14(7-18)16(23-20-15)19-8-13(22)10-21-6-5-11-3-1-2-4-12(11)9-21/h1-4,13,19,22H,5-6,8-10H2. The van der Waals surface area contributed by atoms with Crippen molar-refractivity contribution in [1.82, 2.24) is 9.27 Å². The molecule has 1 unspecified atom stereocenters. The molecule has 0 aliphatic carbocycles. The van der Waals surface area contributed by atoms with Crippen molar-refractivity contribution in [3.63, 3.8) is 0 Å². The van der Waals surface area contributed by atoms with E-state index in [0.717, 1.165) is 31.0 Å². The highest BCUT2D eigenvalue weighted by molar-refractivity contribution is 7.10. The number of rotatable bonds is 5. The van der Waals surface area contributed by atoms with Gasteiger partial charge >= 0.3 is 0 Å². The zero-order valence-corrected chi connectivity index (χ0v) is 14.1. The number of benzene rings is 1. The third-order valence-electron chi connectivity index (χ3n) is 3.94. The van der Waals surface area contributed by atoms with Gasteiger partial charge in [-0.25, -0.2) is 0 Å². The summed E-state index contributed by atoms with van der Waals surface area (Å²) in [5.41, 5.74) is 3.07. The third-order valence-corrected chi connectivity index (χ3v) is 5.12. The Morgan fingerprint density at radius 1 is 1.43 bits per heavy atom. The normalized spacial score (nSPS) is 15.7. The Balaban J connectivity index is 1.52. The van der Waals surface area contributed by atoms with Gasteiger partial charge in [-0.15, -0.1) is 0 Å². The molecule has 0 radical (unpaired) electrons. The molecule has 23 heavy (non-hydrogen) atoms. The fraction of sp³-hybridized carbons (Fsp3) is 0.375. The van der Waals surface area contributed by atoms with Crippen LogP contribution < -0.4 is 5.32 Å². The van der Waals surface area contributed by atoms with Gasteiger partial charge in [-0.2, -0.15) is 9.64 Å². The van der Waals surface area contributed by atoms with E-state index in [4.69, 9.17) is 16.9 Å². The van der Waals surface area contributed by atoms with E-state index in [1.54, 1.807) is 0 Å². The maximum Gasteiger partial charge on any atom is 0.162 e. The molecule has 1 aliphatic heterocycles. The molecule has 2 aromatic rings. The monoisotopic (exact) mass is 348 g/mol. The first-order valence-corrected chi connectivity index (χ1v) is 8.59. The van der Waals surface area contributed by atoms with E-state index in [1.165, 1.54) is 11.1 Å². The molecule has 1 aliphatic rings. The Bertz CT molecular complexity index is 727. The summed E-state index contributed by atoms with van der Waals surface area (Å²) in [4.78, 5) is 2.25. The predicted molar refractivity (Wildman–Crippen MR) is 91.8 cm³/mol. The number of anilines is 1. The van der Waals surface area contributed by atoms with Gasteiger partial charge in [0.15, 0.2) is 5.15 Å². The zero-order valence-electron chi connectivity index (χ0n) is 12.5. The lowest BCUT2D eigenvalue weighted by Crippen LogP contribution is -2.39. The molecule has 120 valence electrons. The number of halogens is 1. The molecule has 2 N–H and O–H groups in total. The summed E-state index contributed by atoms with van der Waals surface area (Å²) < 4.78 is 3.94. The molecule has 1 aromatic carbocycles. The first kappa shape index (κ1) is 16.2. The van der Waals surface area contributed by atoms with Crippen LogP contribution >= 0.6 is 23.1 Å². The minimum atomic E-state index is -0.521. The number of hydrogen-bond acceptors (Lipinski definition) is 6. The van der Waals surface area contributed by atoms with Crippen LogP contribution in [0.4, 0.5) is 5.00 Å². The van der Waals surface area contributed by atoms with E-state index in [1.807, 2.05) is 6.07 Å². The number of hydrogen-bond donors (Lipinski definition) is 2. The SMILES string of the molecule is N#Cc1c(Cl)nsc1NCC(O)CN1CCc2ccccc2C1. The van der Waals surface area contributed by atoms with Crippen molar-refractivity contribution in [1.29, 1.82) is 5.26 Å². The molecule has 0 amide bonds. The van der Waals surface area contributed by atoms with Gasteiger partial charge in [-0.3, -0.25) is 4.90 Å². The van der Waals surface area contributed by atoms with Crippen molar-refractivity contribution in [2.45, 2.75) is 19.1 Å². The Labute approximate surface area is 144 Å². The molecule has 0 spiro atoms. The summed E-state index contributed by atoms with van der Waals surface area (Å²) >= 11 is 6.97. The third kappa shape index (κ3) is 3.82. The van der Waals surface area contributed by atoms with Crippen molar-refractivity contribution >= 4 is 28.1 Å². The van der Waals surface area contributed by atoms with Gasteiger partial charge in [0.25, 0.3) is 0 Å². The van der Waals surface area contributed by atoms with E-state index >= 15 is 0 Å². The predicted octanol–water partition coefficient (Wildman–Crippen LogP) is 2.50. The van der Waals surface area contributed by atoms with Crippen LogP contribution in [0, 0.1) is 11.3 Å². The minimum absolute atomic E-state index is 0.210. The smallest absolute Gasteiger partial charge is 0.162 e. The maximum absolute atomic E-state index is 10.2. The largest absolute Gasteiger partial charge is 0.390 e. The van der Waals surface area contributed by atoms with Crippen molar-refractivity contribution in [2.24, 2.45) is 0 Å². The minimum Gasteiger partial charge on any atom is -0.390 e. The summed E-state index contributed by atoms with van der Waals surface area (Å²) in [6, 6.07) is 10.5. The maximum atomic E-state index is 10.2. The van der Waals surface area contributed by atoms with Gasteiger partial charge in [0, 0.05) is 26.2 Å². The number of fused-ring (bicyclic) bond motifs is 1. The molecule has 0 saturated heterocycles. The van der Waals surface area contributed by atoms with Gasteiger partial charge in [-0.05, 0) is 29.1 Å². The number of aromatic nitrogens is 1. The molecule has 7 heteroatoms. The Hall–Kier alpha value is -1.65. The lowest BCUT2D eigenvalue weighted by atomic mass is 10.00. The molecule has 0 fully saturated rings. The zero-order chi connectivity index (χ0) is 16.2. The number of nitrogens with zero attached hydrogens (tertiary/aromatic N) is 3. The van der Waals surface area contributed by atoms with E-state index in [0.29, 0.717) is 23.7 Å². The summed E-state index contributed by atoms with van der Waals surface area (Å²) in [6.45, 7) is 2.77. The van der Waals surface area contributed by atoms with Crippen LogP contribution in [0.25, 0.3) is 0 Å². The summed E-state index contributed by atoms with van der Waals surface area (Å²) in [7, 11) is 0. The highest BCUT2D eigenvalue weighted by Crippen LogP contribution is 2.27. The second kappa shape index (κ2) is 7.28. The van der Waals surface area contributed by atoms with E-state index < -0.39 is 6.10 Å². The fourth-order valence-corrected chi connectivity index (χ4v) is 3.71. The van der Waals surface area contributed by atoms with Crippen LogP contribution in [0.5, 0.6) is 0 Å². The van der Waals surface area contributed by atoms with E-state index in [-0.39, 0.29) is 5.15 Å². The van der Waals surface area contributed by atoms with Crippen LogP contribution in [0.3, 0.4) is 0 Å². The van der Waals surface area contributed by atoms with E-state index in [9.17, 15) is 5.11 Å². The second-order valence-electron chi connectivity index (χ2n) is 5.58. The molecular formula is C16H17ClN4OS. The first-order valence-electron chi connectivity index (χ1n) is 7.43. The molecule has 5 nitrogen and oxygen atoms in total. The van der Waals surface area contributed by atoms with Crippen LogP contribution in [-0.4, -0.2) is 40.1 Å². The summed E-state index contributed by atoms with van der Waals surface area (Å²) in [6.07, 6.45) is 0.493. The highest BCUT2D eigenvalue weighted by atomic mass is 35.5. The number of nitrogens with one attached hydrogen (secondary N) is 1. The number of β-amino-alcohol motifs (C(OH)–C–C–N with tert-alkyl or cyclic N) is 1. The van der Waals surface area contributed by atoms with Crippen molar-refractivity contribution in [3.8, 4) is 6.07 Å². The summed E-state index contributed by atoms with van der Waals surface area (Å²) in [5.74, 6) is 0. The first-order chi connectivity index (χ1) is 11.2. The van der Waals surface area contributed by atoms with Crippen molar-refractivity contribution in [2.75, 3.05) is 25.0 Å². The quantitative estimate of drug-likeness (QED) is 0.868. The topological polar surface area (TPSA) is 72.2 Å². The molecule has 1 atom stereocenters. The van der Waals surface area contributed by atoms with Crippen LogP contribution in [0.1, 0.15) is 16.7 Å². The molecular weight excluding hydrogens is 332 g/mol. The molecule has 1 aromatic heterocycles. The number of nitriles is 1. The average Bonchev–Trinajstić information content (AvgIpc) is 2.92. The second-order valence-corrected chi connectivity index (χ2v) is 6.71. The Kier molecular flexibility index (Phi) is 5.13. The van der Waals surface area contributed by atoms with Crippen LogP contribution in [-0.2, 0) is 13.0 Å². The van der Waals surface area contributed by atoms with Gasteiger partial charge < -0.3 is 10.4 Å². The highest BCUT2D eigenvalue weighted by Gasteiger charge is 2.19. The van der Waals surface area contributed by atoms with Crippen LogP contribution in [0.2, 0.25) is 5.15 Å². The van der Waals surface area contributed by atoms with Gasteiger partial charge in [-0.1, -0.05) is 35.9 Å². The Morgan fingerprint density at radius 2 is 2.22 bits per heavy atom. The average molecular weight is 349 g/mol. The molecule has 0 bridgehead atoms. The van der Waals surface area contributed by atoms with Crippen LogP contribution in [0.15, 0.2) is 24.3 Å². The number of aliphatic hydroxyl groups excluding tert-OH is 1. The van der Waals surface area contributed by atoms with Gasteiger partial charge in [0.05, 0.1) is 6.10 Å². The summed E-state index contributed by atoms with van der Waals surface area (Å²) in [5, 5.41) is 23.2. The van der Waals surface area contributed by atoms with Crippen molar-refractivity contribution < 1.29 is 5.11 Å².